The van der Waals surface area contributed by atoms with Crippen LogP contribution >= 0.6 is 0 Å². The van der Waals surface area contributed by atoms with Gasteiger partial charge in [0.1, 0.15) is 11.6 Å². The summed E-state index contributed by atoms with van der Waals surface area (Å²) in [6, 6.07) is 8.53. The molecule has 1 aromatic heterocycles. The molecule has 1 N–H and O–H groups in total. The Morgan fingerprint density at radius 2 is 1.82 bits per heavy atom. The van der Waals surface area contributed by atoms with Crippen molar-refractivity contribution in [1.29, 1.82) is 0 Å². The fraction of sp³-hybridized carbons (Fsp3) is 0.476. The number of carbonyl (C=O) groups is 2. The first-order valence-corrected chi connectivity index (χ1v) is 9.70. The second-order valence-corrected chi connectivity index (χ2v) is 6.87. The van der Waals surface area contributed by atoms with Crippen molar-refractivity contribution >= 4 is 17.7 Å². The van der Waals surface area contributed by atoms with Crippen LogP contribution in [0, 0.1) is 0 Å². The zero-order valence-corrected chi connectivity index (χ0v) is 17.0. The third kappa shape index (κ3) is 6.11. The summed E-state index contributed by atoms with van der Waals surface area (Å²) < 4.78 is 12.6. The van der Waals surface area contributed by atoms with Gasteiger partial charge in [-0.1, -0.05) is 19.8 Å². The van der Waals surface area contributed by atoms with Crippen LogP contribution in [0.15, 0.2) is 36.5 Å². The number of rotatable bonds is 10. The third-order valence-corrected chi connectivity index (χ3v) is 4.17. The van der Waals surface area contributed by atoms with Crippen LogP contribution in [-0.4, -0.2) is 34.4 Å². The van der Waals surface area contributed by atoms with Crippen molar-refractivity contribution in [1.82, 2.24) is 9.78 Å². The second-order valence-electron chi connectivity index (χ2n) is 6.87. The molecule has 7 nitrogen and oxygen atoms in total. The minimum atomic E-state index is -0.937. The molecule has 0 fully saturated rings. The molecule has 2 aromatic rings. The Kier molecular flexibility index (Phi) is 8.04. The predicted octanol–water partition coefficient (Wildman–Crippen LogP) is 4.22. The van der Waals surface area contributed by atoms with E-state index in [2.05, 4.69) is 17.3 Å². The molecule has 1 unspecified atom stereocenters. The van der Waals surface area contributed by atoms with Gasteiger partial charge in [-0.05, 0) is 51.5 Å². The predicted molar refractivity (Wildman–Crippen MR) is 108 cm³/mol. The number of esters is 1. The SMILES string of the molecule is CCCCCOc1ccc(C(=O)OC(C)C(=O)Nc2ccnn2C(C)C)cc1. The van der Waals surface area contributed by atoms with Gasteiger partial charge in [0.15, 0.2) is 6.10 Å². The van der Waals surface area contributed by atoms with Gasteiger partial charge < -0.3 is 14.8 Å². The van der Waals surface area contributed by atoms with Gasteiger partial charge in [0.2, 0.25) is 0 Å². The fourth-order valence-corrected chi connectivity index (χ4v) is 2.56. The highest BCUT2D eigenvalue weighted by molar-refractivity contribution is 5.96. The van der Waals surface area contributed by atoms with Crippen molar-refractivity contribution in [3.05, 3.63) is 42.1 Å². The highest BCUT2D eigenvalue weighted by Crippen LogP contribution is 2.16. The van der Waals surface area contributed by atoms with Gasteiger partial charge in [0, 0.05) is 12.1 Å². The Bertz CT molecular complexity index is 768. The van der Waals surface area contributed by atoms with Crippen molar-refractivity contribution in [2.45, 2.75) is 59.1 Å². The van der Waals surface area contributed by atoms with Crippen molar-refractivity contribution in [3.8, 4) is 5.75 Å². The number of nitrogens with one attached hydrogen (secondary N) is 1. The molecular formula is C21H29N3O4. The standard InChI is InChI=1S/C21H29N3O4/c1-5-6-7-14-27-18-10-8-17(9-11-18)21(26)28-16(4)20(25)23-19-12-13-22-24(19)15(2)3/h8-13,15-16H,5-7,14H2,1-4H3,(H,23,25). The van der Waals surface area contributed by atoms with E-state index >= 15 is 0 Å². The number of hydrogen-bond acceptors (Lipinski definition) is 5. The van der Waals surface area contributed by atoms with Crippen LogP contribution in [0.5, 0.6) is 5.75 Å². The molecule has 0 aliphatic carbocycles. The van der Waals surface area contributed by atoms with Crippen molar-refractivity contribution < 1.29 is 19.1 Å². The van der Waals surface area contributed by atoms with Gasteiger partial charge in [0.25, 0.3) is 5.91 Å². The third-order valence-electron chi connectivity index (χ3n) is 4.17. The van der Waals surface area contributed by atoms with E-state index < -0.39 is 18.0 Å². The molecule has 1 amide bonds. The largest absolute Gasteiger partial charge is 0.494 e. The van der Waals surface area contributed by atoms with Crippen LogP contribution in [0.4, 0.5) is 5.82 Å². The lowest BCUT2D eigenvalue weighted by molar-refractivity contribution is -0.123. The van der Waals surface area contributed by atoms with E-state index in [1.807, 2.05) is 13.8 Å². The van der Waals surface area contributed by atoms with Crippen LogP contribution in [0.3, 0.4) is 0 Å². The number of carbonyl (C=O) groups excluding carboxylic acids is 2. The van der Waals surface area contributed by atoms with E-state index in [1.54, 1.807) is 41.2 Å². The number of aromatic nitrogens is 2. The summed E-state index contributed by atoms with van der Waals surface area (Å²) in [5.41, 5.74) is 0.368. The molecule has 7 heteroatoms. The molecule has 0 bridgehead atoms. The van der Waals surface area contributed by atoms with Gasteiger partial charge in [-0.3, -0.25) is 4.79 Å². The molecule has 0 saturated carbocycles. The molecule has 1 heterocycles. The maximum Gasteiger partial charge on any atom is 0.338 e. The van der Waals surface area contributed by atoms with Gasteiger partial charge >= 0.3 is 5.97 Å². The fourth-order valence-electron chi connectivity index (χ4n) is 2.56. The summed E-state index contributed by atoms with van der Waals surface area (Å²) in [5, 5.41) is 6.89. The molecule has 0 spiro atoms. The molecule has 0 aliphatic rings. The minimum absolute atomic E-state index is 0.103. The van der Waals surface area contributed by atoms with Crippen LogP contribution in [0.2, 0.25) is 0 Å². The molecule has 0 aliphatic heterocycles. The maximum absolute atomic E-state index is 12.3. The Balaban J connectivity index is 1.87. The van der Waals surface area contributed by atoms with E-state index in [1.165, 1.54) is 6.92 Å². The van der Waals surface area contributed by atoms with E-state index in [4.69, 9.17) is 9.47 Å². The first kappa shape index (κ1) is 21.5. The quantitative estimate of drug-likeness (QED) is 0.488. The first-order chi connectivity index (χ1) is 13.4. The highest BCUT2D eigenvalue weighted by Gasteiger charge is 2.20. The Labute approximate surface area is 166 Å². The molecule has 2 rings (SSSR count). The molecule has 1 atom stereocenters. The van der Waals surface area contributed by atoms with E-state index in [-0.39, 0.29) is 6.04 Å². The van der Waals surface area contributed by atoms with Crippen molar-refractivity contribution in [2.75, 3.05) is 11.9 Å². The van der Waals surface area contributed by atoms with Gasteiger partial charge in [-0.2, -0.15) is 5.10 Å². The molecular weight excluding hydrogens is 358 g/mol. The Morgan fingerprint density at radius 1 is 1.11 bits per heavy atom. The summed E-state index contributed by atoms with van der Waals surface area (Å²) in [6.07, 6.45) is 3.94. The van der Waals surface area contributed by atoms with Crippen LogP contribution in [-0.2, 0) is 9.53 Å². The van der Waals surface area contributed by atoms with Crippen LogP contribution in [0.25, 0.3) is 0 Å². The lowest BCUT2D eigenvalue weighted by atomic mass is 10.2. The molecule has 0 radical (unpaired) electrons. The molecule has 1 aromatic carbocycles. The molecule has 0 saturated heterocycles. The topological polar surface area (TPSA) is 82.4 Å². The number of anilines is 1. The summed E-state index contributed by atoms with van der Waals surface area (Å²) >= 11 is 0. The zero-order valence-electron chi connectivity index (χ0n) is 17.0. The van der Waals surface area contributed by atoms with Crippen molar-refractivity contribution in [3.63, 3.8) is 0 Å². The number of amides is 1. The first-order valence-electron chi connectivity index (χ1n) is 9.70. The lowest BCUT2D eigenvalue weighted by Gasteiger charge is -2.16. The summed E-state index contributed by atoms with van der Waals surface area (Å²) in [6.45, 7) is 8.25. The van der Waals surface area contributed by atoms with Gasteiger partial charge in [-0.25, -0.2) is 9.48 Å². The minimum Gasteiger partial charge on any atom is -0.494 e. The average molecular weight is 387 g/mol. The number of ether oxygens (including phenoxy) is 2. The second kappa shape index (κ2) is 10.5. The highest BCUT2D eigenvalue weighted by atomic mass is 16.5. The lowest BCUT2D eigenvalue weighted by Crippen LogP contribution is -2.31. The van der Waals surface area contributed by atoms with Crippen molar-refractivity contribution in [2.24, 2.45) is 0 Å². The number of hydrogen-bond donors (Lipinski definition) is 1. The summed E-state index contributed by atoms with van der Waals surface area (Å²) in [4.78, 5) is 24.6. The molecule has 152 valence electrons. The Hall–Kier alpha value is -2.83. The molecule has 28 heavy (non-hydrogen) atoms. The Morgan fingerprint density at radius 3 is 2.46 bits per heavy atom. The summed E-state index contributed by atoms with van der Waals surface area (Å²) in [5.74, 6) is 0.303. The maximum atomic E-state index is 12.3. The van der Waals surface area contributed by atoms with E-state index in [0.717, 1.165) is 19.3 Å². The average Bonchev–Trinajstić information content (AvgIpc) is 3.14. The van der Waals surface area contributed by atoms with Gasteiger partial charge in [0.05, 0.1) is 18.4 Å². The van der Waals surface area contributed by atoms with Gasteiger partial charge in [-0.15, -0.1) is 0 Å². The van der Waals surface area contributed by atoms with Crippen LogP contribution in [0.1, 0.15) is 63.4 Å². The van der Waals surface area contributed by atoms with E-state index in [9.17, 15) is 9.59 Å². The van der Waals surface area contributed by atoms with E-state index in [0.29, 0.717) is 23.7 Å². The number of benzene rings is 1. The monoisotopic (exact) mass is 387 g/mol. The summed E-state index contributed by atoms with van der Waals surface area (Å²) in [7, 11) is 0. The number of nitrogens with zero attached hydrogens (tertiary/aromatic N) is 2. The zero-order chi connectivity index (χ0) is 20.5. The normalized spacial score (nSPS) is 11.9. The number of unbranched alkanes of at least 4 members (excludes halogenated alkanes) is 2. The smallest absolute Gasteiger partial charge is 0.338 e. The van der Waals surface area contributed by atoms with Crippen LogP contribution < -0.4 is 10.1 Å².